The van der Waals surface area contributed by atoms with E-state index in [1.165, 1.54) is 0 Å². The second kappa shape index (κ2) is 8.36. The van der Waals surface area contributed by atoms with Crippen LogP contribution in [0.2, 0.25) is 20.8 Å². The van der Waals surface area contributed by atoms with Crippen molar-refractivity contribution in [2.75, 3.05) is 27.3 Å². The molecule has 3 rings (SSSR count). The SMILES string of the molecule is [B]C([B])([B])C([B])(C([B])([B])[B])C([B])([B])C1CN2CCc3cc(OC)c(OC)cc3C2CC1=O. The first-order chi connectivity index (χ1) is 14.6. The Morgan fingerprint density at radius 3 is 1.94 bits per heavy atom. The Bertz CT molecular complexity index is 883. The summed E-state index contributed by atoms with van der Waals surface area (Å²) in [5.41, 5.74) is 2.04. The van der Waals surface area contributed by atoms with Crippen LogP contribution in [0.15, 0.2) is 12.1 Å². The lowest BCUT2D eigenvalue weighted by Crippen LogP contribution is -2.59. The van der Waals surface area contributed by atoms with E-state index in [0.29, 0.717) is 24.5 Å². The molecule has 0 N–H and O–H groups in total. The lowest BCUT2D eigenvalue weighted by Gasteiger charge is -2.67. The number of hydrogen-bond donors (Lipinski definition) is 0. The second-order valence-electron chi connectivity index (χ2n) is 9.00. The fourth-order valence-electron chi connectivity index (χ4n) is 5.02. The summed E-state index contributed by atoms with van der Waals surface area (Å²) in [6.45, 7) is 0.804. The van der Waals surface area contributed by atoms with Gasteiger partial charge in [-0.2, -0.15) is 0 Å². The minimum Gasteiger partial charge on any atom is -0.493 e. The third-order valence-corrected chi connectivity index (χ3v) is 6.94. The van der Waals surface area contributed by atoms with E-state index in [-0.39, 0.29) is 24.8 Å². The summed E-state index contributed by atoms with van der Waals surface area (Å²) in [4.78, 5) is 15.4. The number of carbonyl (C=O) groups is 1. The molecule has 0 aromatic heterocycles. The molecule has 13 heteroatoms. The van der Waals surface area contributed by atoms with Crippen LogP contribution in [0.25, 0.3) is 0 Å². The molecule has 0 bridgehead atoms. The first kappa shape index (κ1) is 25.7. The van der Waals surface area contributed by atoms with Crippen molar-refractivity contribution < 1.29 is 14.3 Å². The van der Waals surface area contributed by atoms with Gasteiger partial charge < -0.3 is 9.47 Å². The van der Waals surface area contributed by atoms with Crippen LogP contribution in [0, 0.1) is 5.92 Å². The molecule has 1 aromatic rings. The highest BCUT2D eigenvalue weighted by atomic mass is 16.5. The fraction of sp³-hybridized carbons (Fsp3) is 0.632. The highest BCUT2D eigenvalue weighted by Crippen LogP contribution is 2.69. The Morgan fingerprint density at radius 2 is 1.44 bits per heavy atom. The van der Waals surface area contributed by atoms with Crippen molar-refractivity contribution >= 4 is 76.4 Å². The van der Waals surface area contributed by atoms with Gasteiger partial charge in [-0.3, -0.25) is 9.69 Å². The second-order valence-corrected chi connectivity index (χ2v) is 9.00. The normalized spacial score (nSPS) is 22.6. The predicted octanol–water partition coefficient (Wildman–Crippen LogP) is -0.869. The van der Waals surface area contributed by atoms with Crippen molar-refractivity contribution in [3.63, 3.8) is 0 Å². The molecular formula is C19H18B9NO3. The number of fused-ring (bicyclic) bond motifs is 3. The van der Waals surface area contributed by atoms with Gasteiger partial charge in [0.15, 0.2) is 11.5 Å². The number of carbonyl (C=O) groups excluding carboxylic acids is 1. The molecule has 0 spiro atoms. The molecular weight excluding hydrogens is 388 g/mol. The van der Waals surface area contributed by atoms with Crippen molar-refractivity contribution in [3.8, 4) is 11.5 Å². The molecule has 0 saturated carbocycles. The van der Waals surface area contributed by atoms with E-state index >= 15 is 0 Å². The molecule has 144 valence electrons. The van der Waals surface area contributed by atoms with Gasteiger partial charge in [-0.1, -0.05) is 5.21 Å². The first-order valence-electron chi connectivity index (χ1n) is 10.2. The summed E-state index contributed by atoms with van der Waals surface area (Å²) in [6, 6.07) is 3.61. The van der Waals surface area contributed by atoms with Crippen LogP contribution in [0.4, 0.5) is 0 Å². The molecule has 1 aromatic carbocycles. The highest BCUT2D eigenvalue weighted by molar-refractivity contribution is 6.72. The van der Waals surface area contributed by atoms with Crippen LogP contribution < -0.4 is 9.47 Å². The fourth-order valence-corrected chi connectivity index (χ4v) is 5.02. The average molecular weight is 406 g/mol. The van der Waals surface area contributed by atoms with Crippen molar-refractivity contribution in [1.29, 1.82) is 0 Å². The van der Waals surface area contributed by atoms with E-state index in [2.05, 4.69) is 4.90 Å². The van der Waals surface area contributed by atoms with Gasteiger partial charge in [0, 0.05) is 31.5 Å². The molecule has 2 heterocycles. The monoisotopic (exact) mass is 407 g/mol. The molecule has 1 saturated heterocycles. The standard InChI is InChI=1S/C19H18B9NO3/c1-31-14-5-9-3-4-29-8-11(13(30)7-12(29)10(9)6-15(14)32-2)16(20,21)17(22,18(23,24)25)19(26,27)28/h5-6,11-12H,3-4,7-8H2,1-2H3. The zero-order valence-electron chi connectivity index (χ0n) is 18.5. The van der Waals surface area contributed by atoms with Gasteiger partial charge >= 0.3 is 0 Å². The Morgan fingerprint density at radius 1 is 0.906 bits per heavy atom. The molecule has 2 atom stereocenters. The Labute approximate surface area is 203 Å². The van der Waals surface area contributed by atoms with Gasteiger partial charge in [0.25, 0.3) is 0 Å². The smallest absolute Gasteiger partial charge is 0.161 e. The summed E-state index contributed by atoms with van der Waals surface area (Å²) in [7, 11) is 57.5. The number of Topliss-reactive ketones (excluding diaryl/α,β-unsaturated/α-hetero) is 1. The summed E-state index contributed by atoms with van der Waals surface area (Å²) in [5.74, 6) is -0.0855. The topological polar surface area (TPSA) is 38.8 Å². The van der Waals surface area contributed by atoms with Gasteiger partial charge in [0.2, 0.25) is 0 Å². The zero-order chi connectivity index (χ0) is 24.3. The van der Waals surface area contributed by atoms with Crippen LogP contribution in [-0.2, 0) is 11.2 Å². The summed E-state index contributed by atoms with van der Waals surface area (Å²) in [5, 5.41) is -9.01. The van der Waals surface area contributed by atoms with Gasteiger partial charge in [0.1, 0.15) is 5.78 Å². The highest BCUT2D eigenvalue weighted by Gasteiger charge is 2.57. The van der Waals surface area contributed by atoms with E-state index < -0.39 is 26.7 Å². The maximum atomic E-state index is 13.3. The van der Waals surface area contributed by atoms with E-state index in [4.69, 9.17) is 80.1 Å². The number of rotatable bonds is 6. The zero-order valence-corrected chi connectivity index (χ0v) is 18.5. The van der Waals surface area contributed by atoms with Crippen LogP contribution in [-0.4, -0.2) is 109 Å². The molecule has 2 unspecified atom stereocenters. The van der Waals surface area contributed by atoms with E-state index in [0.717, 1.165) is 11.1 Å². The van der Waals surface area contributed by atoms with Gasteiger partial charge in [-0.05, 0) is 29.7 Å². The lowest BCUT2D eigenvalue weighted by molar-refractivity contribution is -0.130. The molecule has 1 fully saturated rings. The summed E-state index contributed by atoms with van der Waals surface area (Å²) in [6.07, 6.45) is 0.824. The van der Waals surface area contributed by atoms with Crippen LogP contribution >= 0.6 is 0 Å². The van der Waals surface area contributed by atoms with Gasteiger partial charge in [0.05, 0.1) is 84.8 Å². The van der Waals surface area contributed by atoms with E-state index in [1.54, 1.807) is 14.2 Å². The van der Waals surface area contributed by atoms with Gasteiger partial charge in [-0.15, -0.1) is 15.5 Å². The minimum atomic E-state index is -2.32. The molecule has 2 aliphatic heterocycles. The Balaban J connectivity index is 1.99. The molecule has 0 aliphatic carbocycles. The average Bonchev–Trinajstić information content (AvgIpc) is 2.69. The minimum absolute atomic E-state index is 0.110. The predicted molar refractivity (Wildman–Crippen MR) is 133 cm³/mol. The summed E-state index contributed by atoms with van der Waals surface area (Å²) < 4.78 is 10.8. The Hall–Kier alpha value is -0.966. The van der Waals surface area contributed by atoms with Crippen molar-refractivity contribution in [2.24, 2.45) is 5.92 Å². The molecule has 4 nitrogen and oxygen atoms in total. The third-order valence-electron chi connectivity index (χ3n) is 6.94. The Kier molecular flexibility index (Phi) is 6.70. The van der Waals surface area contributed by atoms with Crippen molar-refractivity contribution in [2.45, 2.75) is 39.6 Å². The van der Waals surface area contributed by atoms with Crippen LogP contribution in [0.1, 0.15) is 23.6 Å². The number of benzene rings is 1. The van der Waals surface area contributed by atoms with Crippen LogP contribution in [0.3, 0.4) is 0 Å². The third kappa shape index (κ3) is 3.85. The van der Waals surface area contributed by atoms with E-state index in [1.807, 2.05) is 12.1 Å². The number of methoxy groups -OCH3 is 2. The largest absolute Gasteiger partial charge is 0.493 e. The number of piperidine rings is 1. The number of hydrogen-bond acceptors (Lipinski definition) is 4. The number of ketones is 1. The lowest BCUT2D eigenvalue weighted by atomic mass is 9.07. The first-order valence-corrected chi connectivity index (χ1v) is 10.2. The molecule has 0 amide bonds. The maximum absolute atomic E-state index is 13.3. The van der Waals surface area contributed by atoms with E-state index in [9.17, 15) is 4.79 Å². The van der Waals surface area contributed by atoms with Crippen molar-refractivity contribution in [1.82, 2.24) is 4.90 Å². The summed E-state index contributed by atoms with van der Waals surface area (Å²) >= 11 is 0. The molecule has 18 radical (unpaired) electrons. The molecule has 32 heavy (non-hydrogen) atoms. The quantitative estimate of drug-likeness (QED) is 0.577. The maximum Gasteiger partial charge on any atom is 0.161 e. The van der Waals surface area contributed by atoms with Crippen LogP contribution in [0.5, 0.6) is 11.5 Å². The van der Waals surface area contributed by atoms with Gasteiger partial charge in [-0.25, -0.2) is 0 Å². The number of ether oxygens (including phenoxy) is 2. The van der Waals surface area contributed by atoms with Crippen molar-refractivity contribution in [3.05, 3.63) is 23.3 Å². The molecule has 2 aliphatic rings. The number of nitrogens with zero attached hydrogens (tertiary/aromatic N) is 1.